The van der Waals surface area contributed by atoms with Crippen molar-refractivity contribution in [1.82, 2.24) is 15.6 Å². The van der Waals surface area contributed by atoms with Crippen LogP contribution in [0.5, 0.6) is 0 Å². The predicted molar refractivity (Wildman–Crippen MR) is 67.4 cm³/mol. The van der Waals surface area contributed by atoms with Gasteiger partial charge < -0.3 is 20.8 Å². The summed E-state index contributed by atoms with van der Waals surface area (Å²) in [4.78, 5) is 26.4. The van der Waals surface area contributed by atoms with Crippen molar-refractivity contribution in [2.75, 3.05) is 6.61 Å². The van der Waals surface area contributed by atoms with E-state index < -0.39 is 18.0 Å². The number of carboxylic acid groups (broad SMARTS) is 1. The molecule has 0 saturated carbocycles. The van der Waals surface area contributed by atoms with Crippen molar-refractivity contribution in [3.8, 4) is 0 Å². The lowest BCUT2D eigenvalue weighted by Gasteiger charge is -2.17. The maximum atomic E-state index is 11.6. The van der Waals surface area contributed by atoms with Gasteiger partial charge in [-0.3, -0.25) is 4.98 Å². The van der Waals surface area contributed by atoms with Gasteiger partial charge in [-0.05, 0) is 18.6 Å². The molecule has 0 radical (unpaired) electrons. The summed E-state index contributed by atoms with van der Waals surface area (Å²) in [7, 11) is 0. The number of urea groups is 1. The maximum Gasteiger partial charge on any atom is 0.326 e. The number of hydrogen-bond acceptors (Lipinski definition) is 4. The molecule has 0 aliphatic carbocycles. The van der Waals surface area contributed by atoms with Gasteiger partial charge in [0, 0.05) is 25.4 Å². The summed E-state index contributed by atoms with van der Waals surface area (Å²) in [5.74, 6) is -1.18. The second-order valence-corrected chi connectivity index (χ2v) is 4.03. The van der Waals surface area contributed by atoms with E-state index in [0.717, 1.165) is 5.56 Å². The average Bonchev–Trinajstić information content (AvgIpc) is 2.39. The van der Waals surface area contributed by atoms with E-state index in [4.69, 9.17) is 10.2 Å². The van der Waals surface area contributed by atoms with Crippen molar-refractivity contribution < 1.29 is 19.8 Å². The molecular weight excluding hydrogens is 250 g/mol. The number of hydrogen-bond donors (Lipinski definition) is 4. The highest BCUT2D eigenvalue weighted by Crippen LogP contribution is 2.09. The third-order valence-corrected chi connectivity index (χ3v) is 2.55. The Kier molecular flexibility index (Phi) is 5.74. The van der Waals surface area contributed by atoms with Crippen molar-refractivity contribution in [3.05, 3.63) is 30.1 Å². The van der Waals surface area contributed by atoms with E-state index >= 15 is 0 Å². The standard InChI is InChI=1S/C12H17N3O4/c1-8(9-3-2-5-13-7-9)14-12(19)15-10(4-6-16)11(17)18/h2-3,5,7-8,10,16H,4,6H2,1H3,(H,17,18)(H2,14,15,19)/t8?,10-/m1/s1. The van der Waals surface area contributed by atoms with E-state index in [1.54, 1.807) is 31.5 Å². The van der Waals surface area contributed by atoms with Crippen LogP contribution < -0.4 is 10.6 Å². The summed E-state index contributed by atoms with van der Waals surface area (Å²) < 4.78 is 0. The largest absolute Gasteiger partial charge is 0.480 e. The predicted octanol–water partition coefficient (Wildman–Crippen LogP) is 0.277. The number of amides is 2. The number of carboxylic acids is 1. The van der Waals surface area contributed by atoms with E-state index in [-0.39, 0.29) is 19.1 Å². The monoisotopic (exact) mass is 267 g/mol. The molecule has 4 N–H and O–H groups in total. The highest BCUT2D eigenvalue weighted by molar-refractivity contribution is 5.82. The Morgan fingerprint density at radius 2 is 2.16 bits per heavy atom. The highest BCUT2D eigenvalue weighted by atomic mass is 16.4. The van der Waals surface area contributed by atoms with Crippen LogP contribution in [0.1, 0.15) is 24.9 Å². The van der Waals surface area contributed by atoms with Gasteiger partial charge in [0.15, 0.2) is 0 Å². The van der Waals surface area contributed by atoms with E-state index in [1.165, 1.54) is 0 Å². The zero-order valence-corrected chi connectivity index (χ0v) is 10.5. The smallest absolute Gasteiger partial charge is 0.326 e. The van der Waals surface area contributed by atoms with Crippen LogP contribution in [0.15, 0.2) is 24.5 Å². The van der Waals surface area contributed by atoms with Crippen LogP contribution in [-0.4, -0.2) is 39.8 Å². The lowest BCUT2D eigenvalue weighted by atomic mass is 10.1. The van der Waals surface area contributed by atoms with E-state index in [9.17, 15) is 9.59 Å². The molecule has 0 aliphatic heterocycles. The Balaban J connectivity index is 2.52. The van der Waals surface area contributed by atoms with Gasteiger partial charge in [-0.1, -0.05) is 6.07 Å². The van der Waals surface area contributed by atoms with Crippen molar-refractivity contribution >= 4 is 12.0 Å². The summed E-state index contributed by atoms with van der Waals surface area (Å²) >= 11 is 0. The zero-order chi connectivity index (χ0) is 14.3. The van der Waals surface area contributed by atoms with E-state index in [0.29, 0.717) is 0 Å². The molecule has 7 nitrogen and oxygen atoms in total. The number of pyridine rings is 1. The number of aliphatic hydroxyl groups excluding tert-OH is 1. The summed E-state index contributed by atoms with van der Waals surface area (Å²) in [6.45, 7) is 1.45. The minimum absolute atomic E-state index is 0.0377. The van der Waals surface area contributed by atoms with Crippen LogP contribution in [0.4, 0.5) is 4.79 Å². The fourth-order valence-corrected chi connectivity index (χ4v) is 1.50. The molecule has 0 spiro atoms. The minimum Gasteiger partial charge on any atom is -0.480 e. The molecule has 0 fully saturated rings. The van der Waals surface area contributed by atoms with Gasteiger partial charge >= 0.3 is 12.0 Å². The van der Waals surface area contributed by atoms with Crippen molar-refractivity contribution in [1.29, 1.82) is 0 Å². The van der Waals surface area contributed by atoms with Gasteiger partial charge in [0.05, 0.1) is 6.04 Å². The van der Waals surface area contributed by atoms with Gasteiger partial charge in [0.2, 0.25) is 0 Å². The molecule has 0 saturated heterocycles. The summed E-state index contributed by atoms with van der Waals surface area (Å²) in [6.07, 6.45) is 3.20. The summed E-state index contributed by atoms with van der Waals surface area (Å²) in [6, 6.07) is 1.55. The van der Waals surface area contributed by atoms with Gasteiger partial charge in [0.1, 0.15) is 6.04 Å². The van der Waals surface area contributed by atoms with Crippen LogP contribution in [0.2, 0.25) is 0 Å². The van der Waals surface area contributed by atoms with E-state index in [1.807, 2.05) is 0 Å². The normalized spacial score (nSPS) is 13.4. The molecular formula is C12H17N3O4. The van der Waals surface area contributed by atoms with Crippen LogP contribution in [0.3, 0.4) is 0 Å². The molecule has 104 valence electrons. The van der Waals surface area contributed by atoms with Crippen LogP contribution >= 0.6 is 0 Å². The molecule has 0 bridgehead atoms. The maximum absolute atomic E-state index is 11.6. The summed E-state index contributed by atoms with van der Waals surface area (Å²) in [5, 5.41) is 22.4. The molecule has 1 aromatic heterocycles. The van der Waals surface area contributed by atoms with E-state index in [2.05, 4.69) is 15.6 Å². The molecule has 19 heavy (non-hydrogen) atoms. The third kappa shape index (κ3) is 4.92. The SMILES string of the molecule is CC(NC(=O)N[C@H](CCO)C(=O)O)c1cccnc1. The first-order valence-electron chi connectivity index (χ1n) is 5.85. The molecule has 2 amide bonds. The highest BCUT2D eigenvalue weighted by Gasteiger charge is 2.20. The minimum atomic E-state index is -1.18. The Morgan fingerprint density at radius 3 is 2.68 bits per heavy atom. The first-order valence-corrected chi connectivity index (χ1v) is 5.85. The Morgan fingerprint density at radius 1 is 1.42 bits per heavy atom. The lowest BCUT2D eigenvalue weighted by molar-refractivity contribution is -0.139. The van der Waals surface area contributed by atoms with Gasteiger partial charge in [-0.15, -0.1) is 0 Å². The van der Waals surface area contributed by atoms with Crippen LogP contribution in [0.25, 0.3) is 0 Å². The van der Waals surface area contributed by atoms with Gasteiger partial charge in [0.25, 0.3) is 0 Å². The van der Waals surface area contributed by atoms with Crippen molar-refractivity contribution in [2.24, 2.45) is 0 Å². The zero-order valence-electron chi connectivity index (χ0n) is 10.5. The number of nitrogens with one attached hydrogen (secondary N) is 2. The Labute approximate surface area is 110 Å². The first kappa shape index (κ1) is 14.9. The van der Waals surface area contributed by atoms with Crippen LogP contribution in [0, 0.1) is 0 Å². The topological polar surface area (TPSA) is 112 Å². The van der Waals surface area contributed by atoms with Gasteiger partial charge in [-0.25, -0.2) is 9.59 Å². The lowest BCUT2D eigenvalue weighted by Crippen LogP contribution is -2.47. The fourth-order valence-electron chi connectivity index (χ4n) is 1.50. The van der Waals surface area contributed by atoms with Crippen LogP contribution in [-0.2, 0) is 4.79 Å². The number of aliphatic carboxylic acids is 1. The third-order valence-electron chi connectivity index (χ3n) is 2.55. The Bertz CT molecular complexity index is 424. The molecule has 1 aromatic rings. The second-order valence-electron chi connectivity index (χ2n) is 4.03. The van der Waals surface area contributed by atoms with Gasteiger partial charge in [-0.2, -0.15) is 0 Å². The molecule has 1 rings (SSSR count). The second kappa shape index (κ2) is 7.32. The number of aliphatic hydroxyl groups is 1. The van der Waals surface area contributed by atoms with Crippen molar-refractivity contribution in [3.63, 3.8) is 0 Å². The molecule has 0 aromatic carbocycles. The molecule has 7 heteroatoms. The molecule has 0 aliphatic rings. The quantitative estimate of drug-likeness (QED) is 0.591. The molecule has 1 unspecified atom stereocenters. The fraction of sp³-hybridized carbons (Fsp3) is 0.417. The average molecular weight is 267 g/mol. The number of aromatic nitrogens is 1. The number of nitrogens with zero attached hydrogens (tertiary/aromatic N) is 1. The molecule has 2 atom stereocenters. The Hall–Kier alpha value is -2.15. The first-order chi connectivity index (χ1) is 9.04. The summed E-state index contributed by atoms with van der Waals surface area (Å²) in [5.41, 5.74) is 0.812. The number of rotatable bonds is 6. The van der Waals surface area contributed by atoms with Crippen molar-refractivity contribution in [2.45, 2.75) is 25.4 Å². The molecule has 1 heterocycles. The number of carbonyl (C=O) groups excluding carboxylic acids is 1. The number of carbonyl (C=O) groups is 2.